The van der Waals surface area contributed by atoms with E-state index in [1.54, 1.807) is 14.2 Å². The summed E-state index contributed by atoms with van der Waals surface area (Å²) >= 11 is 0. The van der Waals surface area contributed by atoms with Crippen LogP contribution in [0.4, 0.5) is 0 Å². The average molecular weight is 395 g/mol. The molecule has 0 radical (unpaired) electrons. The fraction of sp³-hybridized carbons (Fsp3) is 0.333. The van der Waals surface area contributed by atoms with Crippen LogP contribution in [-0.2, 0) is 17.8 Å². The number of benzene rings is 2. The van der Waals surface area contributed by atoms with Crippen LogP contribution in [0.3, 0.4) is 0 Å². The Morgan fingerprint density at radius 3 is 2.59 bits per heavy atom. The highest BCUT2D eigenvalue weighted by molar-refractivity contribution is 5.29. The molecule has 5 heteroatoms. The van der Waals surface area contributed by atoms with Crippen molar-refractivity contribution in [2.75, 3.05) is 33.9 Å². The van der Waals surface area contributed by atoms with Crippen molar-refractivity contribution >= 4 is 0 Å². The van der Waals surface area contributed by atoms with Gasteiger partial charge < -0.3 is 19.1 Å². The van der Waals surface area contributed by atoms with Crippen LogP contribution in [0.5, 0.6) is 5.75 Å². The first-order chi connectivity index (χ1) is 14.2. The number of aliphatic hydroxyl groups is 1. The molecule has 0 unspecified atom stereocenters. The Bertz CT molecular complexity index is 863. The largest absolute Gasteiger partial charge is 0.497 e. The molecule has 0 amide bonds. The van der Waals surface area contributed by atoms with Crippen LogP contribution in [0.1, 0.15) is 22.9 Å². The smallest absolute Gasteiger partial charge is 0.119 e. The summed E-state index contributed by atoms with van der Waals surface area (Å²) in [6.45, 7) is 3.45. The van der Waals surface area contributed by atoms with Gasteiger partial charge in [0.1, 0.15) is 5.75 Å². The number of aliphatic hydroxyl groups excluding tert-OH is 1. The second-order valence-electron chi connectivity index (χ2n) is 7.13. The van der Waals surface area contributed by atoms with Gasteiger partial charge in [-0.1, -0.05) is 42.5 Å². The maximum absolute atomic E-state index is 10.7. The molecule has 154 valence electrons. The zero-order valence-electron chi connectivity index (χ0n) is 17.2. The summed E-state index contributed by atoms with van der Waals surface area (Å²) in [5.41, 5.74) is 3.32. The minimum atomic E-state index is -0.533. The minimum Gasteiger partial charge on any atom is -0.497 e. The molecule has 3 aromatic rings. The molecule has 0 spiro atoms. The van der Waals surface area contributed by atoms with Gasteiger partial charge in [-0.05, 0) is 35.4 Å². The molecule has 5 nitrogen and oxygen atoms in total. The lowest BCUT2D eigenvalue weighted by Crippen LogP contribution is -2.32. The van der Waals surface area contributed by atoms with Gasteiger partial charge in [-0.15, -0.1) is 0 Å². The second-order valence-corrected chi connectivity index (χ2v) is 7.13. The maximum Gasteiger partial charge on any atom is 0.119 e. The molecule has 29 heavy (non-hydrogen) atoms. The van der Waals surface area contributed by atoms with Crippen molar-refractivity contribution in [1.29, 1.82) is 0 Å². The number of hydrogen-bond donors (Lipinski definition) is 1. The van der Waals surface area contributed by atoms with Crippen molar-refractivity contribution in [3.05, 3.63) is 89.7 Å². The number of ether oxygens (including phenoxy) is 2. The van der Waals surface area contributed by atoms with Gasteiger partial charge in [0.15, 0.2) is 0 Å². The Morgan fingerprint density at radius 2 is 1.83 bits per heavy atom. The van der Waals surface area contributed by atoms with E-state index in [0.29, 0.717) is 13.2 Å². The van der Waals surface area contributed by atoms with E-state index < -0.39 is 6.10 Å². The number of aromatic nitrogens is 1. The highest BCUT2D eigenvalue weighted by Crippen LogP contribution is 2.18. The van der Waals surface area contributed by atoms with Gasteiger partial charge in [0, 0.05) is 45.2 Å². The number of nitrogens with zero attached hydrogens (tertiary/aromatic N) is 2. The zero-order valence-corrected chi connectivity index (χ0v) is 17.2. The Kier molecular flexibility index (Phi) is 7.87. The predicted molar refractivity (Wildman–Crippen MR) is 115 cm³/mol. The summed E-state index contributed by atoms with van der Waals surface area (Å²) in [5, 5.41) is 10.7. The Labute approximate surface area is 173 Å². The summed E-state index contributed by atoms with van der Waals surface area (Å²) in [6, 6.07) is 22.1. The fourth-order valence-electron chi connectivity index (χ4n) is 3.42. The predicted octanol–water partition coefficient (Wildman–Crippen LogP) is 3.73. The number of methoxy groups -OCH3 is 2. The molecule has 1 atom stereocenters. The molecule has 0 bridgehead atoms. The number of hydrogen-bond acceptors (Lipinski definition) is 4. The molecule has 3 rings (SSSR count). The van der Waals surface area contributed by atoms with E-state index in [4.69, 9.17) is 9.47 Å². The summed E-state index contributed by atoms with van der Waals surface area (Å²) in [5.74, 6) is 0.865. The molecular formula is C24H30N2O3. The Balaban J connectivity index is 1.70. The van der Waals surface area contributed by atoms with Gasteiger partial charge in [0.2, 0.25) is 0 Å². The average Bonchev–Trinajstić information content (AvgIpc) is 3.19. The quantitative estimate of drug-likeness (QED) is 0.538. The van der Waals surface area contributed by atoms with Gasteiger partial charge in [0.05, 0.1) is 19.8 Å². The highest BCUT2D eigenvalue weighted by atomic mass is 16.5. The third-order valence-corrected chi connectivity index (χ3v) is 5.02. The third kappa shape index (κ3) is 6.19. The molecular weight excluding hydrogens is 364 g/mol. The van der Waals surface area contributed by atoms with Gasteiger partial charge >= 0.3 is 0 Å². The van der Waals surface area contributed by atoms with E-state index in [9.17, 15) is 5.11 Å². The monoisotopic (exact) mass is 394 g/mol. The molecule has 2 aromatic carbocycles. The van der Waals surface area contributed by atoms with E-state index in [0.717, 1.165) is 30.9 Å². The molecule has 1 N–H and O–H groups in total. The van der Waals surface area contributed by atoms with Crippen LogP contribution in [-0.4, -0.2) is 48.5 Å². The van der Waals surface area contributed by atoms with Crippen LogP contribution in [0, 0.1) is 0 Å². The van der Waals surface area contributed by atoms with Crippen LogP contribution in [0.2, 0.25) is 0 Å². The van der Waals surface area contributed by atoms with Crippen LogP contribution >= 0.6 is 0 Å². The van der Waals surface area contributed by atoms with Crippen molar-refractivity contribution in [2.45, 2.75) is 19.2 Å². The standard InChI is InChI=1S/C24H30N2O3/c1-28-15-14-25(19-24(27)21-9-4-3-5-10-21)18-22-11-7-13-26(22)17-20-8-6-12-23(16-20)29-2/h3-13,16,24,27H,14-15,17-19H2,1-2H3/t24-/m1/s1. The molecule has 0 aliphatic heterocycles. The van der Waals surface area contributed by atoms with Crippen LogP contribution in [0.15, 0.2) is 72.9 Å². The first kappa shape index (κ1) is 21.1. The molecule has 0 fully saturated rings. The Morgan fingerprint density at radius 1 is 1.00 bits per heavy atom. The van der Waals surface area contributed by atoms with Crippen molar-refractivity contribution in [2.24, 2.45) is 0 Å². The lowest BCUT2D eigenvalue weighted by Gasteiger charge is -2.25. The normalized spacial score (nSPS) is 12.3. The summed E-state index contributed by atoms with van der Waals surface area (Å²) in [6.07, 6.45) is 1.56. The maximum atomic E-state index is 10.7. The minimum absolute atomic E-state index is 0.533. The summed E-state index contributed by atoms with van der Waals surface area (Å²) in [4.78, 5) is 2.23. The molecule has 0 aliphatic carbocycles. The molecule has 0 aliphatic rings. The van der Waals surface area contributed by atoms with E-state index in [1.807, 2.05) is 42.5 Å². The molecule has 0 saturated carbocycles. The van der Waals surface area contributed by atoms with Crippen molar-refractivity contribution in [3.63, 3.8) is 0 Å². The lowest BCUT2D eigenvalue weighted by molar-refractivity contribution is 0.0837. The summed E-state index contributed by atoms with van der Waals surface area (Å²) < 4.78 is 12.9. The van der Waals surface area contributed by atoms with Crippen LogP contribution in [0.25, 0.3) is 0 Å². The Hall–Kier alpha value is -2.60. The van der Waals surface area contributed by atoms with Gasteiger partial charge in [0.25, 0.3) is 0 Å². The highest BCUT2D eigenvalue weighted by Gasteiger charge is 2.15. The van der Waals surface area contributed by atoms with Crippen molar-refractivity contribution in [1.82, 2.24) is 9.47 Å². The van der Waals surface area contributed by atoms with E-state index in [2.05, 4.69) is 39.9 Å². The number of rotatable bonds is 11. The second kappa shape index (κ2) is 10.8. The zero-order chi connectivity index (χ0) is 20.5. The topological polar surface area (TPSA) is 46.9 Å². The van der Waals surface area contributed by atoms with E-state index >= 15 is 0 Å². The van der Waals surface area contributed by atoms with E-state index in [-0.39, 0.29) is 0 Å². The third-order valence-electron chi connectivity index (χ3n) is 5.02. The van der Waals surface area contributed by atoms with Gasteiger partial charge in [-0.3, -0.25) is 4.90 Å². The lowest BCUT2D eigenvalue weighted by atomic mass is 10.1. The molecule has 1 aromatic heterocycles. The van der Waals surface area contributed by atoms with E-state index in [1.165, 1.54) is 11.3 Å². The molecule has 1 heterocycles. The summed E-state index contributed by atoms with van der Waals surface area (Å²) in [7, 11) is 3.39. The van der Waals surface area contributed by atoms with Crippen molar-refractivity contribution < 1.29 is 14.6 Å². The SMILES string of the molecule is COCCN(Cc1cccn1Cc1cccc(OC)c1)C[C@@H](O)c1ccccc1. The van der Waals surface area contributed by atoms with Crippen molar-refractivity contribution in [3.8, 4) is 5.75 Å². The van der Waals surface area contributed by atoms with Gasteiger partial charge in [-0.2, -0.15) is 0 Å². The molecule has 0 saturated heterocycles. The first-order valence-corrected chi connectivity index (χ1v) is 9.91. The fourth-order valence-corrected chi connectivity index (χ4v) is 3.42. The first-order valence-electron chi connectivity index (χ1n) is 9.91. The van der Waals surface area contributed by atoms with Crippen LogP contribution < -0.4 is 4.74 Å². The van der Waals surface area contributed by atoms with Gasteiger partial charge in [-0.25, -0.2) is 0 Å².